The van der Waals surface area contributed by atoms with Crippen molar-refractivity contribution in [3.63, 3.8) is 0 Å². The van der Waals surface area contributed by atoms with Gasteiger partial charge in [0.1, 0.15) is 58.1 Å². The van der Waals surface area contributed by atoms with E-state index in [2.05, 4.69) is 6.07 Å². The number of carboxylic acid groups (broad SMARTS) is 1. The first-order valence-electron chi connectivity index (χ1n) is 16.6. The number of quaternary nitrogens is 2. The van der Waals surface area contributed by atoms with Crippen molar-refractivity contribution in [2.24, 2.45) is 11.8 Å². The van der Waals surface area contributed by atoms with Crippen LogP contribution in [0.15, 0.2) is 72.4 Å². The molecule has 0 radical (unpaired) electrons. The summed E-state index contributed by atoms with van der Waals surface area (Å²) in [4.78, 5) is 53.3. The van der Waals surface area contributed by atoms with Gasteiger partial charge in [0.05, 0.1) is 18.1 Å². The highest BCUT2D eigenvalue weighted by molar-refractivity contribution is 6.22. The first kappa shape index (κ1) is 35.0. The first-order valence-corrected chi connectivity index (χ1v) is 16.6. The van der Waals surface area contributed by atoms with Gasteiger partial charge in [-0.1, -0.05) is 55.5 Å². The number of fused-ring (bicyclic) bond motifs is 7. The van der Waals surface area contributed by atoms with Gasteiger partial charge in [-0.2, -0.15) is 0 Å². The number of carbonyl (C=O) groups excluding carboxylic acids is 3. The number of rotatable bonds is 8. The highest BCUT2D eigenvalue weighted by Gasteiger charge is 2.60. The van der Waals surface area contributed by atoms with E-state index in [1.165, 1.54) is 4.90 Å². The monoisotopic (exact) mass is 703 g/mol. The summed E-state index contributed by atoms with van der Waals surface area (Å²) in [7, 11) is 0. The molecule has 49 heavy (non-hydrogen) atoms. The van der Waals surface area contributed by atoms with Gasteiger partial charge in [-0.15, -0.1) is 0 Å². The highest BCUT2D eigenvalue weighted by atomic mass is 35.5. The number of carbonyl (C=O) groups is 4. The van der Waals surface area contributed by atoms with Crippen molar-refractivity contribution in [1.82, 2.24) is 4.90 Å². The number of piperazine rings is 3. The molecule has 2 bridgehead atoms. The Hall–Kier alpha value is -3.86. The first-order chi connectivity index (χ1) is 22.5. The van der Waals surface area contributed by atoms with E-state index in [9.17, 15) is 29.4 Å². The number of aliphatic hydroxyl groups is 1. The Morgan fingerprint density at radius 1 is 0.837 bits per heavy atom. The maximum Gasteiger partial charge on any atom is 0.352 e. The van der Waals surface area contributed by atoms with Gasteiger partial charge in [0.2, 0.25) is 11.7 Å². The molecular weight excluding hydrogens is 665 g/mol. The predicted octanol–water partition coefficient (Wildman–Crippen LogP) is -2.40. The third kappa shape index (κ3) is 5.34. The van der Waals surface area contributed by atoms with Gasteiger partial charge in [0.15, 0.2) is 5.78 Å². The van der Waals surface area contributed by atoms with Crippen LogP contribution in [-0.4, -0.2) is 105 Å². The smallest absolute Gasteiger partial charge is 0.352 e. The Balaban J connectivity index is 0.00000208. The van der Waals surface area contributed by atoms with Gasteiger partial charge in [0.25, 0.3) is 0 Å². The van der Waals surface area contributed by atoms with E-state index in [-0.39, 0.29) is 53.9 Å². The van der Waals surface area contributed by atoms with Gasteiger partial charge in [0, 0.05) is 28.2 Å². The highest BCUT2D eigenvalue weighted by Crippen LogP contribution is 2.51. The lowest BCUT2D eigenvalue weighted by Gasteiger charge is -2.55. The average Bonchev–Trinajstić information content (AvgIpc) is 3.49. The van der Waals surface area contributed by atoms with Crippen LogP contribution in [0.25, 0.3) is 16.7 Å². The molecule has 256 valence electrons. The van der Waals surface area contributed by atoms with Crippen LogP contribution in [0.1, 0.15) is 51.3 Å². The molecule has 2 N–H and O–H groups in total. The number of hydrogen-bond donors (Lipinski definition) is 2. The standard InChI is InChI=1S/C38H38N3O6.2ClH/c1-22-32(35(38(46)47)39-34(22)33(23(2)42)37(39)45)26-9-11-28-29(19-26)27-10-8-24(18-30(27)36(28)44)20-40-12-15-41(16-13-40,17-14-40)21-31(43)25-6-4-3-5-7-25;;/h3-11,18-19,22-23,33-34,42H,12-17,20-21H2,1-2H3;2*1H/q+1;;/p-1/t22-,23+,33+,34+,40?,41?;;/m0../s1. The summed E-state index contributed by atoms with van der Waals surface area (Å²) in [5, 5.41) is 20.4. The van der Waals surface area contributed by atoms with Crippen LogP contribution in [-0.2, 0) is 16.1 Å². The largest absolute Gasteiger partial charge is 1.00 e. The molecule has 4 fully saturated rings. The van der Waals surface area contributed by atoms with Crippen LogP contribution in [0.3, 0.4) is 0 Å². The zero-order valence-electron chi connectivity index (χ0n) is 27.4. The number of Topliss-reactive ketones (excluding diaryl/α,β-unsaturated/α-hetero) is 1. The van der Waals surface area contributed by atoms with Crippen LogP contribution in [0, 0.1) is 11.8 Å². The fourth-order valence-corrected chi connectivity index (χ4v) is 9.17. The Labute approximate surface area is 297 Å². The molecule has 4 atom stereocenters. The summed E-state index contributed by atoms with van der Waals surface area (Å²) in [6, 6.07) is 20.8. The van der Waals surface area contributed by atoms with Crippen molar-refractivity contribution in [3.8, 4) is 11.1 Å². The minimum Gasteiger partial charge on any atom is -1.00 e. The Bertz CT molecular complexity index is 1900. The maximum absolute atomic E-state index is 13.7. The van der Waals surface area contributed by atoms with E-state index in [0.29, 0.717) is 28.8 Å². The molecule has 9 rings (SSSR count). The van der Waals surface area contributed by atoms with Crippen molar-refractivity contribution in [2.75, 3.05) is 45.8 Å². The quantitative estimate of drug-likeness (QED) is 0.120. The number of carboxylic acids is 1. The summed E-state index contributed by atoms with van der Waals surface area (Å²) in [6.07, 6.45) is -0.870. The molecule has 0 aromatic heterocycles. The summed E-state index contributed by atoms with van der Waals surface area (Å²) in [6.45, 7) is 10.8. The summed E-state index contributed by atoms with van der Waals surface area (Å²) in [5.74, 6) is -2.27. The Kier molecular flexibility index (Phi) is 8.91. The average molecular weight is 705 g/mol. The molecule has 5 heterocycles. The summed E-state index contributed by atoms with van der Waals surface area (Å²) >= 11 is 0. The number of β-lactam (4-membered cyclic amide) rings is 1. The second-order valence-corrected chi connectivity index (χ2v) is 14.4. The van der Waals surface area contributed by atoms with E-state index in [1.807, 2.05) is 55.5 Å². The third-order valence-electron chi connectivity index (χ3n) is 11.8. The molecule has 5 aliphatic heterocycles. The number of aliphatic hydroxyl groups excluding tert-OH is 1. The van der Waals surface area contributed by atoms with Crippen molar-refractivity contribution < 1.29 is 63.2 Å². The molecule has 3 aromatic rings. The molecule has 4 saturated heterocycles. The van der Waals surface area contributed by atoms with Crippen molar-refractivity contribution >= 4 is 29.0 Å². The van der Waals surface area contributed by atoms with Crippen LogP contribution in [0.4, 0.5) is 0 Å². The SMILES string of the molecule is C[C@@H](O)[C@H]1C(=O)N2C(C(=O)O)=C(c3ccc4c(c3)-c3ccc(C[N+]56CC[N+](CC(=O)c7ccccc7)(CC5)CC6)cc3C4=O)[C@H](C)[C@H]12.[Cl-].[Cl-]. The zero-order valence-corrected chi connectivity index (χ0v) is 29.0. The van der Waals surface area contributed by atoms with Crippen molar-refractivity contribution in [1.29, 1.82) is 0 Å². The van der Waals surface area contributed by atoms with Crippen LogP contribution in [0.5, 0.6) is 0 Å². The van der Waals surface area contributed by atoms with Crippen LogP contribution in [0.2, 0.25) is 0 Å². The van der Waals surface area contributed by atoms with Crippen LogP contribution < -0.4 is 24.8 Å². The number of aliphatic carboxylic acids is 1. The van der Waals surface area contributed by atoms with Crippen molar-refractivity contribution in [3.05, 3.63) is 100 Å². The molecule has 11 heteroatoms. The van der Waals surface area contributed by atoms with E-state index in [1.54, 1.807) is 19.1 Å². The van der Waals surface area contributed by atoms with E-state index in [0.717, 1.165) is 77.0 Å². The van der Waals surface area contributed by atoms with Crippen LogP contribution >= 0.6 is 0 Å². The van der Waals surface area contributed by atoms with E-state index >= 15 is 0 Å². The fraction of sp³-hybridized carbons (Fsp3) is 0.368. The minimum absolute atomic E-state index is 0. The molecule has 1 aliphatic carbocycles. The van der Waals surface area contributed by atoms with Gasteiger partial charge in [-0.3, -0.25) is 14.4 Å². The minimum atomic E-state index is -1.17. The summed E-state index contributed by atoms with van der Waals surface area (Å²) in [5.41, 5.74) is 6.00. The normalized spacial score (nSPS) is 28.1. The van der Waals surface area contributed by atoms with Gasteiger partial charge >= 0.3 is 5.97 Å². The molecule has 9 nitrogen and oxygen atoms in total. The second kappa shape index (κ2) is 12.5. The number of amides is 1. The van der Waals surface area contributed by atoms with Gasteiger partial charge in [-0.05, 0) is 47.4 Å². The molecule has 0 spiro atoms. The number of halogens is 2. The molecule has 6 aliphatic rings. The Morgan fingerprint density at radius 2 is 1.47 bits per heavy atom. The third-order valence-corrected chi connectivity index (χ3v) is 11.8. The summed E-state index contributed by atoms with van der Waals surface area (Å²) < 4.78 is 1.83. The zero-order chi connectivity index (χ0) is 32.8. The molecule has 0 unspecified atom stereocenters. The van der Waals surface area contributed by atoms with Gasteiger partial charge < -0.3 is 48.9 Å². The number of benzene rings is 3. The molecule has 0 saturated carbocycles. The number of hydrogen-bond acceptors (Lipinski definition) is 5. The second-order valence-electron chi connectivity index (χ2n) is 14.4. The van der Waals surface area contributed by atoms with E-state index in [4.69, 9.17) is 0 Å². The lowest BCUT2D eigenvalue weighted by molar-refractivity contribution is -1.08. The lowest BCUT2D eigenvalue weighted by atomic mass is 9.76. The Morgan fingerprint density at radius 3 is 2.10 bits per heavy atom. The van der Waals surface area contributed by atoms with Crippen molar-refractivity contribution in [2.45, 2.75) is 32.5 Å². The fourth-order valence-electron chi connectivity index (χ4n) is 9.17. The van der Waals surface area contributed by atoms with E-state index < -0.39 is 24.0 Å². The number of nitrogens with zero attached hydrogens (tertiary/aromatic N) is 3. The number of ketones is 2. The topological polar surface area (TPSA) is 112 Å². The lowest BCUT2D eigenvalue weighted by Crippen LogP contribution is -3.00. The molecular formula is C38H39Cl2N3O6. The predicted molar refractivity (Wildman–Crippen MR) is 174 cm³/mol. The molecule has 3 aromatic carbocycles. The molecule has 1 amide bonds. The van der Waals surface area contributed by atoms with Gasteiger partial charge in [-0.25, -0.2) is 4.79 Å². The maximum atomic E-state index is 13.7.